The molecule has 4 rings (SSSR count). The van der Waals surface area contributed by atoms with Crippen LogP contribution in [0.1, 0.15) is 10.4 Å². The maximum atomic E-state index is 12.7. The molecule has 2 N–H and O–H groups in total. The summed E-state index contributed by atoms with van der Waals surface area (Å²) in [5.41, 5.74) is 2.02. The highest BCUT2D eigenvalue weighted by Crippen LogP contribution is 2.22. The topological polar surface area (TPSA) is 110 Å². The summed E-state index contributed by atoms with van der Waals surface area (Å²) in [5.74, 6) is -0.675. The van der Waals surface area contributed by atoms with Gasteiger partial charge in [0, 0.05) is 55.1 Å². The minimum absolute atomic E-state index is 0.0440. The van der Waals surface area contributed by atoms with E-state index in [9.17, 15) is 18.0 Å². The van der Waals surface area contributed by atoms with Crippen LogP contribution in [-0.2, 0) is 26.1 Å². The van der Waals surface area contributed by atoms with Crippen LogP contribution in [0, 0.1) is 0 Å². The summed E-state index contributed by atoms with van der Waals surface area (Å²) < 4.78 is 33.8. The number of piperazine rings is 1. The summed E-state index contributed by atoms with van der Waals surface area (Å²) >= 11 is 0. The summed E-state index contributed by atoms with van der Waals surface area (Å²) in [6.45, 7) is 1.63. The van der Waals surface area contributed by atoms with Gasteiger partial charge >= 0.3 is 0 Å². The molecule has 1 aliphatic heterocycles. The van der Waals surface area contributed by atoms with Crippen LogP contribution in [0.4, 0.5) is 5.69 Å². The standard InChI is InChI=1S/C22H24N4O5S/c1-31-13-12-25-10-8-17-14-18(4-7-20(17)25)24-22(28)16-2-5-19(6-3-16)32(29,30)26-11-9-23-21(27)15-26/h2-8,10,14H,9,11-13,15H2,1H3,(H,23,27)(H,24,28). The van der Waals surface area contributed by atoms with Gasteiger partial charge in [0.05, 0.1) is 18.0 Å². The predicted molar refractivity (Wildman–Crippen MR) is 120 cm³/mol. The number of anilines is 1. The smallest absolute Gasteiger partial charge is 0.255 e. The van der Waals surface area contributed by atoms with Gasteiger partial charge in [-0.25, -0.2) is 8.42 Å². The monoisotopic (exact) mass is 456 g/mol. The second-order valence-corrected chi connectivity index (χ2v) is 9.38. The van der Waals surface area contributed by atoms with Crippen LogP contribution in [0.2, 0.25) is 0 Å². The Hall–Kier alpha value is -3.21. The van der Waals surface area contributed by atoms with Gasteiger partial charge < -0.3 is 19.9 Å². The first-order chi connectivity index (χ1) is 15.4. The Morgan fingerprint density at radius 3 is 2.66 bits per heavy atom. The number of carbonyl (C=O) groups is 2. The van der Waals surface area contributed by atoms with Crippen LogP contribution >= 0.6 is 0 Å². The molecule has 0 spiro atoms. The van der Waals surface area contributed by atoms with Crippen LogP contribution in [0.25, 0.3) is 10.9 Å². The molecule has 0 atom stereocenters. The number of aromatic nitrogens is 1. The molecule has 1 saturated heterocycles. The van der Waals surface area contributed by atoms with Gasteiger partial charge in [-0.05, 0) is 48.5 Å². The molecule has 1 aromatic heterocycles. The number of hydrogen-bond acceptors (Lipinski definition) is 5. The quantitative estimate of drug-likeness (QED) is 0.562. The lowest BCUT2D eigenvalue weighted by Gasteiger charge is -2.25. The molecule has 2 heterocycles. The third-order valence-corrected chi connectivity index (χ3v) is 7.18. The fraction of sp³-hybridized carbons (Fsp3) is 0.273. The van der Waals surface area contributed by atoms with Crippen LogP contribution in [-0.4, -0.2) is 62.5 Å². The Morgan fingerprint density at radius 2 is 1.94 bits per heavy atom. The third kappa shape index (κ3) is 4.52. The van der Waals surface area contributed by atoms with Crippen molar-refractivity contribution >= 4 is 38.4 Å². The van der Waals surface area contributed by atoms with E-state index in [-0.39, 0.29) is 36.3 Å². The number of ether oxygens (including phenoxy) is 1. The molecule has 32 heavy (non-hydrogen) atoms. The number of fused-ring (bicyclic) bond motifs is 1. The second-order valence-electron chi connectivity index (χ2n) is 7.44. The van der Waals surface area contributed by atoms with E-state index < -0.39 is 10.0 Å². The molecular weight excluding hydrogens is 432 g/mol. The van der Waals surface area contributed by atoms with E-state index in [1.807, 2.05) is 30.5 Å². The number of nitrogens with one attached hydrogen (secondary N) is 2. The van der Waals surface area contributed by atoms with Crippen molar-refractivity contribution in [3.63, 3.8) is 0 Å². The molecule has 2 amide bonds. The Kier molecular flexibility index (Phi) is 6.26. The van der Waals surface area contributed by atoms with Crippen molar-refractivity contribution in [3.05, 3.63) is 60.3 Å². The Morgan fingerprint density at radius 1 is 1.16 bits per heavy atom. The van der Waals surface area contributed by atoms with Crippen LogP contribution in [0.15, 0.2) is 59.6 Å². The molecule has 0 saturated carbocycles. The first-order valence-corrected chi connectivity index (χ1v) is 11.6. The maximum absolute atomic E-state index is 12.7. The average Bonchev–Trinajstić information content (AvgIpc) is 3.20. The first-order valence-electron chi connectivity index (χ1n) is 10.1. The summed E-state index contributed by atoms with van der Waals surface area (Å²) in [6, 6.07) is 13.3. The highest BCUT2D eigenvalue weighted by atomic mass is 32.2. The fourth-order valence-corrected chi connectivity index (χ4v) is 5.01. The van der Waals surface area contributed by atoms with Crippen molar-refractivity contribution in [2.75, 3.05) is 38.7 Å². The molecule has 168 valence electrons. The first kappa shape index (κ1) is 22.0. The average molecular weight is 457 g/mol. The van der Waals surface area contributed by atoms with Gasteiger partial charge in [0.15, 0.2) is 0 Å². The summed E-state index contributed by atoms with van der Waals surface area (Å²) in [5, 5.41) is 6.44. The largest absolute Gasteiger partial charge is 0.383 e. The zero-order valence-corrected chi connectivity index (χ0v) is 18.4. The van der Waals surface area contributed by atoms with Gasteiger partial charge in [0.25, 0.3) is 5.91 Å². The molecule has 0 radical (unpaired) electrons. The lowest BCUT2D eigenvalue weighted by atomic mass is 10.2. The molecule has 0 unspecified atom stereocenters. The van der Waals surface area contributed by atoms with Crippen molar-refractivity contribution in [1.82, 2.24) is 14.2 Å². The van der Waals surface area contributed by atoms with E-state index in [4.69, 9.17) is 4.74 Å². The number of amides is 2. The van der Waals surface area contributed by atoms with Gasteiger partial charge in [-0.1, -0.05) is 0 Å². The number of hydrogen-bond donors (Lipinski definition) is 2. The molecule has 3 aromatic rings. The van der Waals surface area contributed by atoms with E-state index in [0.717, 1.165) is 21.8 Å². The van der Waals surface area contributed by atoms with Crippen molar-refractivity contribution in [2.45, 2.75) is 11.4 Å². The summed E-state index contributed by atoms with van der Waals surface area (Å²) in [7, 11) is -2.14. The van der Waals surface area contributed by atoms with Gasteiger partial charge in [0.1, 0.15) is 0 Å². The van der Waals surface area contributed by atoms with Crippen molar-refractivity contribution < 1.29 is 22.7 Å². The normalized spacial score (nSPS) is 15.0. The lowest BCUT2D eigenvalue weighted by molar-refractivity contribution is -0.122. The molecule has 0 aliphatic carbocycles. The third-order valence-electron chi connectivity index (χ3n) is 5.32. The highest BCUT2D eigenvalue weighted by Gasteiger charge is 2.29. The van der Waals surface area contributed by atoms with E-state index >= 15 is 0 Å². The second kappa shape index (κ2) is 9.11. The Balaban J connectivity index is 1.46. The zero-order chi connectivity index (χ0) is 22.7. The summed E-state index contributed by atoms with van der Waals surface area (Å²) in [4.78, 5) is 24.2. The molecule has 2 aromatic carbocycles. The number of sulfonamides is 1. The minimum Gasteiger partial charge on any atom is -0.383 e. The summed E-state index contributed by atoms with van der Waals surface area (Å²) in [6.07, 6.45) is 1.97. The van der Waals surface area contributed by atoms with Crippen molar-refractivity contribution in [2.24, 2.45) is 0 Å². The maximum Gasteiger partial charge on any atom is 0.255 e. The van der Waals surface area contributed by atoms with E-state index in [2.05, 4.69) is 15.2 Å². The van der Waals surface area contributed by atoms with Gasteiger partial charge in [-0.15, -0.1) is 0 Å². The fourth-order valence-electron chi connectivity index (χ4n) is 3.61. The molecular formula is C22H24N4O5S. The Bertz CT molecular complexity index is 1250. The minimum atomic E-state index is -3.80. The molecule has 10 heteroatoms. The van der Waals surface area contributed by atoms with Gasteiger partial charge in [-0.2, -0.15) is 4.31 Å². The van der Waals surface area contributed by atoms with E-state index in [1.165, 1.54) is 24.3 Å². The predicted octanol–water partition coefficient (Wildman–Crippen LogP) is 1.66. The Labute approximate surface area is 186 Å². The SMILES string of the molecule is COCCn1ccc2cc(NC(=O)c3ccc(S(=O)(=O)N4CCNC(=O)C4)cc3)ccc21. The van der Waals surface area contributed by atoms with Gasteiger partial charge in [-0.3, -0.25) is 9.59 Å². The van der Waals surface area contributed by atoms with Crippen molar-refractivity contribution in [1.29, 1.82) is 0 Å². The van der Waals surface area contributed by atoms with Crippen LogP contribution < -0.4 is 10.6 Å². The molecule has 0 bridgehead atoms. The van der Waals surface area contributed by atoms with Crippen molar-refractivity contribution in [3.8, 4) is 0 Å². The van der Waals surface area contributed by atoms with Gasteiger partial charge in [0.2, 0.25) is 15.9 Å². The number of carbonyl (C=O) groups excluding carboxylic acids is 2. The molecule has 9 nitrogen and oxygen atoms in total. The number of rotatable bonds is 7. The highest BCUT2D eigenvalue weighted by molar-refractivity contribution is 7.89. The van der Waals surface area contributed by atoms with Crippen LogP contribution in [0.3, 0.4) is 0 Å². The lowest BCUT2D eigenvalue weighted by Crippen LogP contribution is -2.49. The number of benzene rings is 2. The molecule has 1 fully saturated rings. The zero-order valence-electron chi connectivity index (χ0n) is 17.6. The van der Waals surface area contributed by atoms with Crippen LogP contribution in [0.5, 0.6) is 0 Å². The molecule has 1 aliphatic rings. The number of nitrogens with zero attached hydrogens (tertiary/aromatic N) is 2. The van der Waals surface area contributed by atoms with E-state index in [0.29, 0.717) is 17.9 Å². The number of methoxy groups -OCH3 is 1. The van der Waals surface area contributed by atoms with E-state index in [1.54, 1.807) is 7.11 Å².